The van der Waals surface area contributed by atoms with Crippen LogP contribution in [0, 0.1) is 0 Å². The van der Waals surface area contributed by atoms with Crippen LogP contribution in [0.25, 0.3) is 0 Å². The summed E-state index contributed by atoms with van der Waals surface area (Å²) in [5.41, 5.74) is 5.84. The summed E-state index contributed by atoms with van der Waals surface area (Å²) in [6.07, 6.45) is 1.41. The molecule has 0 aliphatic rings. The Labute approximate surface area is 81.5 Å². The summed E-state index contributed by atoms with van der Waals surface area (Å²) in [4.78, 5) is 14.4. The normalized spacial score (nSPS) is 12.1. The van der Waals surface area contributed by atoms with E-state index < -0.39 is 12.0 Å². The first-order chi connectivity index (χ1) is 6.65. The van der Waals surface area contributed by atoms with E-state index in [0.717, 1.165) is 0 Å². The molecule has 0 radical (unpaired) electrons. The number of aromatic nitrogens is 1. The van der Waals surface area contributed by atoms with Gasteiger partial charge >= 0.3 is 5.97 Å². The van der Waals surface area contributed by atoms with Gasteiger partial charge in [-0.15, -0.1) is 0 Å². The van der Waals surface area contributed by atoms with E-state index in [-0.39, 0.29) is 0 Å². The number of nitrogens with two attached hydrogens (primary N) is 1. The van der Waals surface area contributed by atoms with Crippen molar-refractivity contribution in [2.24, 2.45) is 5.73 Å². The van der Waals surface area contributed by atoms with Crippen molar-refractivity contribution in [1.82, 2.24) is 4.98 Å². The minimum absolute atomic E-state index is 0.459. The average molecular weight is 196 g/mol. The fraction of sp³-hybridized carbons (Fsp3) is 0.333. The first kappa shape index (κ1) is 10.5. The zero-order valence-corrected chi connectivity index (χ0v) is 7.80. The lowest BCUT2D eigenvalue weighted by Gasteiger charge is -2.06. The Bertz CT molecular complexity index is 310. The summed E-state index contributed by atoms with van der Waals surface area (Å²) in [6.45, 7) is 2.37. The third-order valence-corrected chi connectivity index (χ3v) is 1.68. The van der Waals surface area contributed by atoms with Crippen LogP contribution < -0.4 is 10.5 Å². The van der Waals surface area contributed by atoms with Crippen molar-refractivity contribution in [2.75, 3.05) is 6.61 Å². The van der Waals surface area contributed by atoms with Crippen LogP contribution in [0.5, 0.6) is 5.88 Å². The van der Waals surface area contributed by atoms with Gasteiger partial charge in [0.2, 0.25) is 5.88 Å². The maximum atomic E-state index is 10.5. The molecule has 1 atom stereocenters. The summed E-state index contributed by atoms with van der Waals surface area (Å²) < 4.78 is 5.10. The van der Waals surface area contributed by atoms with Crippen LogP contribution in [0.1, 0.15) is 18.5 Å². The SMILES string of the molecule is CCOc1ccc(C(N)C(=O)O)cn1. The molecule has 1 unspecified atom stereocenters. The molecular formula is C9H12N2O3. The van der Waals surface area contributed by atoms with Crippen molar-refractivity contribution >= 4 is 5.97 Å². The lowest BCUT2D eigenvalue weighted by Crippen LogP contribution is -2.20. The highest BCUT2D eigenvalue weighted by Gasteiger charge is 2.14. The van der Waals surface area contributed by atoms with E-state index in [0.29, 0.717) is 18.1 Å². The molecule has 76 valence electrons. The molecule has 1 heterocycles. The minimum Gasteiger partial charge on any atom is -0.480 e. The van der Waals surface area contributed by atoms with Crippen LogP contribution >= 0.6 is 0 Å². The summed E-state index contributed by atoms with van der Waals surface area (Å²) in [7, 11) is 0. The number of hydrogen-bond acceptors (Lipinski definition) is 4. The zero-order chi connectivity index (χ0) is 10.6. The van der Waals surface area contributed by atoms with E-state index in [1.807, 2.05) is 6.92 Å². The molecule has 0 aromatic carbocycles. The molecule has 5 heteroatoms. The van der Waals surface area contributed by atoms with Crippen LogP contribution in [0.3, 0.4) is 0 Å². The molecular weight excluding hydrogens is 184 g/mol. The minimum atomic E-state index is -1.07. The first-order valence-electron chi connectivity index (χ1n) is 4.22. The lowest BCUT2D eigenvalue weighted by atomic mass is 10.1. The number of nitrogens with zero attached hydrogens (tertiary/aromatic N) is 1. The van der Waals surface area contributed by atoms with E-state index >= 15 is 0 Å². The Morgan fingerprint density at radius 2 is 2.43 bits per heavy atom. The highest BCUT2D eigenvalue weighted by atomic mass is 16.5. The van der Waals surface area contributed by atoms with Crippen molar-refractivity contribution in [1.29, 1.82) is 0 Å². The zero-order valence-electron chi connectivity index (χ0n) is 7.80. The second-order valence-corrected chi connectivity index (χ2v) is 2.68. The second kappa shape index (κ2) is 4.57. The van der Waals surface area contributed by atoms with Crippen LogP contribution in [0.2, 0.25) is 0 Å². The van der Waals surface area contributed by atoms with Gasteiger partial charge in [-0.1, -0.05) is 0 Å². The maximum absolute atomic E-state index is 10.5. The highest BCUT2D eigenvalue weighted by Crippen LogP contribution is 2.12. The van der Waals surface area contributed by atoms with Crippen LogP contribution in [0.4, 0.5) is 0 Å². The fourth-order valence-corrected chi connectivity index (χ4v) is 0.952. The van der Waals surface area contributed by atoms with Gasteiger partial charge in [0.25, 0.3) is 0 Å². The Morgan fingerprint density at radius 1 is 1.71 bits per heavy atom. The third kappa shape index (κ3) is 2.43. The average Bonchev–Trinajstić information content (AvgIpc) is 2.18. The quantitative estimate of drug-likeness (QED) is 0.735. The highest BCUT2D eigenvalue weighted by molar-refractivity contribution is 5.75. The van der Waals surface area contributed by atoms with Crippen LogP contribution in [-0.4, -0.2) is 22.7 Å². The molecule has 0 saturated heterocycles. The Hall–Kier alpha value is -1.62. The van der Waals surface area contributed by atoms with E-state index in [4.69, 9.17) is 15.6 Å². The molecule has 0 aliphatic heterocycles. The van der Waals surface area contributed by atoms with Crippen molar-refractivity contribution in [3.8, 4) is 5.88 Å². The Kier molecular flexibility index (Phi) is 3.41. The number of carbonyl (C=O) groups is 1. The summed E-state index contributed by atoms with van der Waals surface area (Å²) in [5.74, 6) is -0.607. The van der Waals surface area contributed by atoms with Crippen LogP contribution in [0.15, 0.2) is 18.3 Å². The second-order valence-electron chi connectivity index (χ2n) is 2.68. The van der Waals surface area contributed by atoms with Gasteiger partial charge in [-0.3, -0.25) is 4.79 Å². The number of carboxylic acids is 1. The molecule has 5 nitrogen and oxygen atoms in total. The molecule has 1 rings (SSSR count). The van der Waals surface area contributed by atoms with Gasteiger partial charge in [0.15, 0.2) is 0 Å². The topological polar surface area (TPSA) is 85.4 Å². The van der Waals surface area contributed by atoms with E-state index in [9.17, 15) is 4.79 Å². The van der Waals surface area contributed by atoms with Gasteiger partial charge in [0.1, 0.15) is 6.04 Å². The molecule has 1 aromatic rings. The van der Waals surface area contributed by atoms with E-state index in [2.05, 4.69) is 4.98 Å². The number of hydrogen-bond donors (Lipinski definition) is 2. The van der Waals surface area contributed by atoms with Gasteiger partial charge in [-0.25, -0.2) is 4.98 Å². The Morgan fingerprint density at radius 3 is 2.86 bits per heavy atom. The number of pyridine rings is 1. The molecule has 0 saturated carbocycles. The van der Waals surface area contributed by atoms with Crippen molar-refractivity contribution < 1.29 is 14.6 Å². The molecule has 0 bridgehead atoms. The van der Waals surface area contributed by atoms with Crippen molar-refractivity contribution in [2.45, 2.75) is 13.0 Å². The number of aliphatic carboxylic acids is 1. The first-order valence-corrected chi connectivity index (χ1v) is 4.22. The summed E-state index contributed by atoms with van der Waals surface area (Å²) in [6, 6.07) is 2.16. The molecule has 0 fully saturated rings. The summed E-state index contributed by atoms with van der Waals surface area (Å²) in [5, 5.41) is 8.62. The number of rotatable bonds is 4. The smallest absolute Gasteiger partial charge is 0.325 e. The summed E-state index contributed by atoms with van der Waals surface area (Å²) >= 11 is 0. The lowest BCUT2D eigenvalue weighted by molar-refractivity contribution is -0.138. The predicted molar refractivity (Wildman–Crippen MR) is 50.0 cm³/mol. The molecule has 0 spiro atoms. The predicted octanol–water partition coefficient (Wildman–Crippen LogP) is 0.565. The standard InChI is InChI=1S/C9H12N2O3/c1-2-14-7-4-3-6(5-11-7)8(10)9(12)13/h3-5,8H,2,10H2,1H3,(H,12,13). The maximum Gasteiger partial charge on any atom is 0.325 e. The van der Waals surface area contributed by atoms with Gasteiger partial charge < -0.3 is 15.6 Å². The monoisotopic (exact) mass is 196 g/mol. The number of carboxylic acid groups (broad SMARTS) is 1. The fourth-order valence-electron chi connectivity index (χ4n) is 0.952. The third-order valence-electron chi connectivity index (χ3n) is 1.68. The molecule has 0 aliphatic carbocycles. The van der Waals surface area contributed by atoms with Gasteiger partial charge in [-0.2, -0.15) is 0 Å². The van der Waals surface area contributed by atoms with Crippen molar-refractivity contribution in [3.05, 3.63) is 23.9 Å². The van der Waals surface area contributed by atoms with E-state index in [1.54, 1.807) is 12.1 Å². The molecule has 1 aromatic heterocycles. The molecule has 0 amide bonds. The number of ether oxygens (including phenoxy) is 1. The van der Waals surface area contributed by atoms with Crippen LogP contribution in [-0.2, 0) is 4.79 Å². The van der Waals surface area contributed by atoms with Crippen molar-refractivity contribution in [3.63, 3.8) is 0 Å². The van der Waals surface area contributed by atoms with Gasteiger partial charge in [0, 0.05) is 12.3 Å². The van der Waals surface area contributed by atoms with Gasteiger partial charge in [-0.05, 0) is 18.6 Å². The molecule has 14 heavy (non-hydrogen) atoms. The largest absolute Gasteiger partial charge is 0.480 e. The Balaban J connectivity index is 2.77. The van der Waals surface area contributed by atoms with E-state index in [1.165, 1.54) is 6.20 Å². The van der Waals surface area contributed by atoms with Gasteiger partial charge in [0.05, 0.1) is 6.61 Å². The molecule has 3 N–H and O–H groups in total.